The first-order valence-electron chi connectivity index (χ1n) is 13.6. The fraction of sp³-hybridized carbons (Fsp3) is 0.484. The molecular formula is C31H41N3O3. The molecular weight excluding hydrogens is 462 g/mol. The third-order valence-electron chi connectivity index (χ3n) is 7.06. The van der Waals surface area contributed by atoms with E-state index in [-0.39, 0.29) is 5.91 Å². The minimum Gasteiger partial charge on any atom is -0.491 e. The van der Waals surface area contributed by atoms with Crippen LogP contribution in [0.25, 0.3) is 0 Å². The number of benzene rings is 2. The summed E-state index contributed by atoms with van der Waals surface area (Å²) in [6, 6.07) is 18.9. The lowest BCUT2D eigenvalue weighted by Crippen LogP contribution is -2.36. The van der Waals surface area contributed by atoms with Crippen LogP contribution in [0.3, 0.4) is 0 Å². The van der Waals surface area contributed by atoms with Crippen molar-refractivity contribution in [3.8, 4) is 5.75 Å². The lowest BCUT2D eigenvalue weighted by molar-refractivity contribution is 0.0714. The van der Waals surface area contributed by atoms with Gasteiger partial charge in [0.2, 0.25) is 0 Å². The molecule has 0 saturated carbocycles. The van der Waals surface area contributed by atoms with Crippen LogP contribution in [0.1, 0.15) is 72.0 Å². The van der Waals surface area contributed by atoms with E-state index in [2.05, 4.69) is 86.4 Å². The minimum absolute atomic E-state index is 0.0884. The van der Waals surface area contributed by atoms with Crippen molar-refractivity contribution in [2.45, 2.75) is 58.9 Å². The van der Waals surface area contributed by atoms with Crippen molar-refractivity contribution in [3.05, 3.63) is 82.7 Å². The van der Waals surface area contributed by atoms with Gasteiger partial charge in [0.05, 0.1) is 6.54 Å². The summed E-state index contributed by atoms with van der Waals surface area (Å²) in [5.74, 6) is 2.45. The molecule has 4 rings (SSSR count). The van der Waals surface area contributed by atoms with Gasteiger partial charge in [-0.25, -0.2) is 0 Å². The summed E-state index contributed by atoms with van der Waals surface area (Å²) < 4.78 is 11.7. The van der Waals surface area contributed by atoms with Crippen molar-refractivity contribution >= 4 is 5.91 Å². The number of aromatic nitrogens is 1. The fourth-order valence-corrected chi connectivity index (χ4v) is 5.11. The van der Waals surface area contributed by atoms with Crippen LogP contribution >= 0.6 is 0 Å². The van der Waals surface area contributed by atoms with Crippen LogP contribution in [0.2, 0.25) is 0 Å². The zero-order valence-electron chi connectivity index (χ0n) is 22.8. The molecule has 0 bridgehead atoms. The van der Waals surface area contributed by atoms with E-state index in [4.69, 9.17) is 9.26 Å². The molecule has 0 spiro atoms. The molecule has 2 aromatic carbocycles. The Bertz CT molecular complexity index is 1140. The van der Waals surface area contributed by atoms with Crippen LogP contribution < -0.4 is 4.74 Å². The van der Waals surface area contributed by atoms with E-state index >= 15 is 0 Å². The summed E-state index contributed by atoms with van der Waals surface area (Å²) in [6.45, 7) is 9.80. The van der Waals surface area contributed by atoms with Gasteiger partial charge in [0, 0.05) is 31.1 Å². The number of carbonyl (C=O) groups is 1. The molecule has 198 valence electrons. The largest absolute Gasteiger partial charge is 0.491 e. The number of carbonyl (C=O) groups excluding carboxylic acids is 1. The number of ether oxygens (including phenoxy) is 1. The Morgan fingerprint density at radius 2 is 1.86 bits per heavy atom. The number of hydrogen-bond acceptors (Lipinski definition) is 5. The highest BCUT2D eigenvalue weighted by Crippen LogP contribution is 2.27. The van der Waals surface area contributed by atoms with E-state index in [0.717, 1.165) is 50.3 Å². The van der Waals surface area contributed by atoms with E-state index in [9.17, 15) is 4.79 Å². The van der Waals surface area contributed by atoms with Gasteiger partial charge >= 0.3 is 0 Å². The minimum atomic E-state index is -0.0884. The molecule has 0 radical (unpaired) electrons. The second-order valence-corrected chi connectivity index (χ2v) is 10.8. The second kappa shape index (κ2) is 12.9. The predicted molar refractivity (Wildman–Crippen MR) is 147 cm³/mol. The van der Waals surface area contributed by atoms with Gasteiger partial charge in [-0.15, -0.1) is 0 Å². The average Bonchev–Trinajstić information content (AvgIpc) is 3.33. The van der Waals surface area contributed by atoms with E-state index in [1.807, 2.05) is 4.90 Å². The molecule has 1 aliphatic rings. The molecule has 0 aliphatic carbocycles. The van der Waals surface area contributed by atoms with E-state index in [0.29, 0.717) is 37.2 Å². The molecule has 1 unspecified atom stereocenters. The Hall–Kier alpha value is -3.12. The number of fused-ring (bicyclic) bond motifs is 1. The molecule has 1 atom stereocenters. The van der Waals surface area contributed by atoms with Crippen LogP contribution in [-0.4, -0.2) is 54.2 Å². The van der Waals surface area contributed by atoms with E-state index in [1.165, 1.54) is 16.7 Å². The quantitative estimate of drug-likeness (QED) is 0.430. The summed E-state index contributed by atoms with van der Waals surface area (Å²) in [5.41, 5.74) is 4.16. The Kier molecular flexibility index (Phi) is 9.40. The van der Waals surface area contributed by atoms with Crippen molar-refractivity contribution in [1.29, 1.82) is 0 Å². The number of rotatable bonds is 4. The van der Waals surface area contributed by atoms with E-state index in [1.54, 1.807) is 6.07 Å². The molecule has 37 heavy (non-hydrogen) atoms. The topological polar surface area (TPSA) is 58.8 Å². The molecule has 1 aliphatic heterocycles. The first-order valence-corrected chi connectivity index (χ1v) is 13.6. The lowest BCUT2D eigenvalue weighted by Gasteiger charge is -2.27. The molecule has 6 heteroatoms. The molecule has 3 aromatic rings. The lowest BCUT2D eigenvalue weighted by atomic mass is 9.91. The maximum absolute atomic E-state index is 13.5. The summed E-state index contributed by atoms with van der Waals surface area (Å²) in [7, 11) is 2.19. The number of amides is 1. The van der Waals surface area contributed by atoms with Gasteiger partial charge in [-0.2, -0.15) is 0 Å². The Morgan fingerprint density at radius 1 is 1.05 bits per heavy atom. The third-order valence-corrected chi connectivity index (χ3v) is 7.06. The van der Waals surface area contributed by atoms with Crippen molar-refractivity contribution in [1.82, 2.24) is 15.0 Å². The first-order chi connectivity index (χ1) is 17.9. The highest BCUT2D eigenvalue weighted by atomic mass is 16.5. The first kappa shape index (κ1) is 26.9. The average molecular weight is 504 g/mol. The van der Waals surface area contributed by atoms with Crippen molar-refractivity contribution < 1.29 is 14.1 Å². The van der Waals surface area contributed by atoms with Crippen molar-refractivity contribution in [3.63, 3.8) is 0 Å². The smallest absolute Gasteiger partial charge is 0.276 e. The Balaban J connectivity index is 1.56. The monoisotopic (exact) mass is 503 g/mol. The normalized spacial score (nSPS) is 18.2. The van der Waals surface area contributed by atoms with Gasteiger partial charge in [0.25, 0.3) is 5.91 Å². The van der Waals surface area contributed by atoms with Crippen LogP contribution in [0, 0.1) is 12.8 Å². The van der Waals surface area contributed by atoms with Crippen LogP contribution in [0.5, 0.6) is 5.75 Å². The fourth-order valence-electron chi connectivity index (χ4n) is 5.11. The van der Waals surface area contributed by atoms with E-state index < -0.39 is 0 Å². The molecule has 0 saturated heterocycles. The zero-order chi connectivity index (χ0) is 26.2. The highest BCUT2D eigenvalue weighted by Gasteiger charge is 2.22. The van der Waals surface area contributed by atoms with Crippen molar-refractivity contribution in [2.75, 3.05) is 33.3 Å². The van der Waals surface area contributed by atoms with Gasteiger partial charge in [-0.3, -0.25) is 4.79 Å². The Labute approximate surface area is 221 Å². The predicted octanol–water partition coefficient (Wildman–Crippen LogP) is 6.10. The maximum atomic E-state index is 13.5. The molecule has 6 nitrogen and oxygen atoms in total. The number of nitrogens with zero attached hydrogens (tertiary/aromatic N) is 3. The van der Waals surface area contributed by atoms with Gasteiger partial charge in [0.1, 0.15) is 18.1 Å². The molecule has 2 heterocycles. The van der Waals surface area contributed by atoms with Crippen molar-refractivity contribution in [2.24, 2.45) is 5.92 Å². The Morgan fingerprint density at radius 3 is 2.65 bits per heavy atom. The zero-order valence-corrected chi connectivity index (χ0v) is 22.8. The van der Waals surface area contributed by atoms with Gasteiger partial charge in [-0.1, -0.05) is 67.0 Å². The molecule has 1 aromatic heterocycles. The SMILES string of the molecule is Cc1ccc2c(c1)CN(C)CCC(c1ccccc1)CCCN(C(=O)c1cc(CC(C)C)on1)CCO2. The van der Waals surface area contributed by atoms with Crippen LogP contribution in [0.4, 0.5) is 0 Å². The maximum Gasteiger partial charge on any atom is 0.276 e. The van der Waals surface area contributed by atoms with Gasteiger partial charge in [-0.05, 0) is 63.2 Å². The summed E-state index contributed by atoms with van der Waals surface area (Å²) in [5, 5.41) is 4.11. The molecule has 0 fully saturated rings. The highest BCUT2D eigenvalue weighted by molar-refractivity contribution is 5.92. The molecule has 1 amide bonds. The third kappa shape index (κ3) is 7.68. The summed E-state index contributed by atoms with van der Waals surface area (Å²) in [6.07, 6.45) is 3.78. The summed E-state index contributed by atoms with van der Waals surface area (Å²) in [4.78, 5) is 17.7. The standard InChI is InChI=1S/C31H41N3O3/c1-23(2)19-28-21-29(32-37-28)31(35)34-15-8-11-26(25-9-6-5-7-10-25)14-16-33(4)22-27-20-24(3)12-13-30(27)36-18-17-34/h5-7,9-10,12-13,20-21,23,26H,8,11,14-19,22H2,1-4H3. The van der Waals surface area contributed by atoms with Crippen LogP contribution in [0.15, 0.2) is 59.1 Å². The summed E-state index contributed by atoms with van der Waals surface area (Å²) >= 11 is 0. The van der Waals surface area contributed by atoms with Crippen LogP contribution in [-0.2, 0) is 13.0 Å². The number of aryl methyl sites for hydroxylation is 1. The van der Waals surface area contributed by atoms with Gasteiger partial charge in [0.15, 0.2) is 5.69 Å². The molecule has 0 N–H and O–H groups in total. The second-order valence-electron chi connectivity index (χ2n) is 10.8. The van der Waals surface area contributed by atoms with Gasteiger partial charge < -0.3 is 19.1 Å². The number of hydrogen-bond donors (Lipinski definition) is 0.